The summed E-state index contributed by atoms with van der Waals surface area (Å²) in [4.78, 5) is 21.1. The zero-order valence-corrected chi connectivity index (χ0v) is 10.7. The van der Waals surface area contributed by atoms with Gasteiger partial charge in [0.15, 0.2) is 0 Å². The van der Waals surface area contributed by atoms with Crippen LogP contribution in [0, 0.1) is 0 Å². The van der Waals surface area contributed by atoms with Crippen molar-refractivity contribution < 1.29 is 33.6 Å². The van der Waals surface area contributed by atoms with Crippen LogP contribution in [-0.4, -0.2) is 62.8 Å². The molecule has 1 N–H and O–H groups in total. The van der Waals surface area contributed by atoms with E-state index in [0.717, 1.165) is 0 Å². The molecule has 106 valence electrons. The molecule has 0 aliphatic heterocycles. The van der Waals surface area contributed by atoms with Crippen molar-refractivity contribution in [2.75, 3.05) is 39.6 Å². The molecule has 0 saturated heterocycles. The molecule has 0 unspecified atom stereocenters. The molecule has 18 heavy (non-hydrogen) atoms. The van der Waals surface area contributed by atoms with Gasteiger partial charge in [0.1, 0.15) is 13.2 Å². The first-order chi connectivity index (χ1) is 8.52. The van der Waals surface area contributed by atoms with Gasteiger partial charge in [0.2, 0.25) is 0 Å². The molecule has 0 radical (unpaired) electrons. The third-order valence-corrected chi connectivity index (χ3v) is 1.56. The van der Waals surface area contributed by atoms with Gasteiger partial charge in [-0.15, -0.1) is 0 Å². The fourth-order valence-electron chi connectivity index (χ4n) is 0.950. The maximum Gasteiger partial charge on any atom is 0.332 e. The van der Waals surface area contributed by atoms with Gasteiger partial charge in [-0.3, -0.25) is 0 Å². The minimum atomic E-state index is -1.01. The topological polar surface area (TPSA) is 91.3 Å². The van der Waals surface area contributed by atoms with E-state index in [2.05, 4.69) is 0 Å². The number of carbonyl (C=O) groups excluding carboxylic acids is 1. The summed E-state index contributed by atoms with van der Waals surface area (Å²) >= 11 is 0. The van der Waals surface area contributed by atoms with E-state index in [1.807, 2.05) is 0 Å². The van der Waals surface area contributed by atoms with Crippen molar-refractivity contribution in [3.8, 4) is 0 Å². The van der Waals surface area contributed by atoms with Crippen LogP contribution in [-0.2, 0) is 28.5 Å². The van der Waals surface area contributed by atoms with Crippen LogP contribution in [0.4, 0.5) is 0 Å². The van der Waals surface area contributed by atoms with Gasteiger partial charge in [-0.25, -0.2) is 9.59 Å². The van der Waals surface area contributed by atoms with Crippen molar-refractivity contribution >= 4 is 11.9 Å². The Morgan fingerprint density at radius 2 is 1.44 bits per heavy atom. The van der Waals surface area contributed by atoms with Crippen LogP contribution >= 0.6 is 0 Å². The number of hydrogen-bond acceptors (Lipinski definition) is 6. The van der Waals surface area contributed by atoms with Gasteiger partial charge in [-0.05, 0) is 13.8 Å². The molecule has 7 nitrogen and oxygen atoms in total. The van der Waals surface area contributed by atoms with Crippen LogP contribution in [0.3, 0.4) is 0 Å². The Kier molecular flexibility index (Phi) is 10.2. The Bertz CT molecular complexity index is 240. The predicted molar refractivity (Wildman–Crippen MR) is 61.3 cm³/mol. The molecule has 0 rings (SSSR count). The van der Waals surface area contributed by atoms with Crippen molar-refractivity contribution in [1.29, 1.82) is 0 Å². The van der Waals surface area contributed by atoms with Gasteiger partial charge in [0.25, 0.3) is 0 Å². The number of aliphatic carboxylic acids is 1. The van der Waals surface area contributed by atoms with Gasteiger partial charge in [0, 0.05) is 0 Å². The molecule has 0 spiro atoms. The van der Waals surface area contributed by atoms with Gasteiger partial charge < -0.3 is 24.1 Å². The number of carboxylic acid groups (broad SMARTS) is 1. The lowest BCUT2D eigenvalue weighted by Gasteiger charge is -2.08. The summed E-state index contributed by atoms with van der Waals surface area (Å²) in [6.45, 7) is 4.17. The molecule has 7 heteroatoms. The fraction of sp³-hybridized carbons (Fsp3) is 0.818. The largest absolute Gasteiger partial charge is 0.480 e. The molecule has 0 amide bonds. The number of carboxylic acids is 1. The van der Waals surface area contributed by atoms with Gasteiger partial charge in [-0.1, -0.05) is 0 Å². The molecular weight excluding hydrogens is 244 g/mol. The van der Waals surface area contributed by atoms with E-state index >= 15 is 0 Å². The van der Waals surface area contributed by atoms with Crippen molar-refractivity contribution in [2.24, 2.45) is 0 Å². The van der Waals surface area contributed by atoms with Gasteiger partial charge in [0.05, 0.1) is 32.5 Å². The second kappa shape index (κ2) is 10.9. The average Bonchev–Trinajstić information content (AvgIpc) is 2.25. The van der Waals surface area contributed by atoms with Crippen molar-refractivity contribution in [3.05, 3.63) is 0 Å². The number of hydrogen-bond donors (Lipinski definition) is 1. The van der Waals surface area contributed by atoms with E-state index < -0.39 is 11.9 Å². The normalized spacial score (nSPS) is 10.6. The van der Waals surface area contributed by atoms with Crippen LogP contribution in [0.15, 0.2) is 0 Å². The lowest BCUT2D eigenvalue weighted by Crippen LogP contribution is -2.19. The molecule has 0 fully saturated rings. The second-order valence-corrected chi connectivity index (χ2v) is 3.65. The summed E-state index contributed by atoms with van der Waals surface area (Å²) in [7, 11) is 0. The van der Waals surface area contributed by atoms with Gasteiger partial charge >= 0.3 is 11.9 Å². The van der Waals surface area contributed by atoms with E-state index in [1.54, 1.807) is 13.8 Å². The summed E-state index contributed by atoms with van der Waals surface area (Å²) in [6, 6.07) is 0. The standard InChI is InChI=1S/C11H20O7/c1-9(2)18-11(14)8-17-6-4-15-3-5-16-7-10(12)13/h9H,3-8H2,1-2H3,(H,12,13). The highest BCUT2D eigenvalue weighted by Gasteiger charge is 2.04. The van der Waals surface area contributed by atoms with Crippen molar-refractivity contribution in [3.63, 3.8) is 0 Å². The van der Waals surface area contributed by atoms with Crippen LogP contribution in [0.5, 0.6) is 0 Å². The quantitative estimate of drug-likeness (QED) is 0.417. The van der Waals surface area contributed by atoms with E-state index in [9.17, 15) is 9.59 Å². The van der Waals surface area contributed by atoms with E-state index in [4.69, 9.17) is 24.1 Å². The van der Waals surface area contributed by atoms with E-state index in [0.29, 0.717) is 6.61 Å². The Balaban J connectivity index is 3.16. The number of rotatable bonds is 11. The minimum Gasteiger partial charge on any atom is -0.480 e. The highest BCUT2D eigenvalue weighted by molar-refractivity contribution is 5.70. The molecular formula is C11H20O7. The number of carbonyl (C=O) groups is 2. The molecule has 0 heterocycles. The van der Waals surface area contributed by atoms with Crippen LogP contribution in [0.2, 0.25) is 0 Å². The third kappa shape index (κ3) is 12.9. The van der Waals surface area contributed by atoms with Crippen molar-refractivity contribution in [1.82, 2.24) is 0 Å². The maximum atomic E-state index is 11.0. The number of ether oxygens (including phenoxy) is 4. The first kappa shape index (κ1) is 16.8. The van der Waals surface area contributed by atoms with Crippen LogP contribution in [0.25, 0.3) is 0 Å². The molecule has 0 aromatic heterocycles. The summed E-state index contributed by atoms with van der Waals surface area (Å²) in [6.07, 6.45) is -0.149. The molecule has 0 saturated carbocycles. The first-order valence-electron chi connectivity index (χ1n) is 5.67. The average molecular weight is 264 g/mol. The molecule has 0 aliphatic carbocycles. The highest BCUT2D eigenvalue weighted by Crippen LogP contribution is 1.90. The third-order valence-electron chi connectivity index (χ3n) is 1.56. The molecule has 0 bridgehead atoms. The lowest BCUT2D eigenvalue weighted by atomic mass is 10.5. The Morgan fingerprint density at radius 1 is 0.944 bits per heavy atom. The fourth-order valence-corrected chi connectivity index (χ4v) is 0.950. The van der Waals surface area contributed by atoms with Crippen LogP contribution < -0.4 is 0 Å². The molecule has 0 aromatic carbocycles. The maximum absolute atomic E-state index is 11.0. The SMILES string of the molecule is CC(C)OC(=O)COCCOCCOCC(=O)O. The Hall–Kier alpha value is -1.18. The predicted octanol–water partition coefficient (Wildman–Crippen LogP) is 0.0724. The van der Waals surface area contributed by atoms with E-state index in [1.165, 1.54) is 0 Å². The monoisotopic (exact) mass is 264 g/mol. The Morgan fingerprint density at radius 3 is 1.94 bits per heavy atom. The molecule has 0 aromatic rings. The summed E-state index contributed by atoms with van der Waals surface area (Å²) in [5, 5.41) is 8.27. The zero-order chi connectivity index (χ0) is 13.8. The lowest BCUT2D eigenvalue weighted by molar-refractivity contribution is -0.153. The van der Waals surface area contributed by atoms with Crippen molar-refractivity contribution in [2.45, 2.75) is 20.0 Å². The summed E-state index contributed by atoms with van der Waals surface area (Å²) in [5.74, 6) is -1.42. The summed E-state index contributed by atoms with van der Waals surface area (Å²) in [5.41, 5.74) is 0. The highest BCUT2D eigenvalue weighted by atomic mass is 16.6. The summed E-state index contributed by atoms with van der Waals surface area (Å²) < 4.78 is 19.7. The van der Waals surface area contributed by atoms with E-state index in [-0.39, 0.29) is 39.1 Å². The zero-order valence-electron chi connectivity index (χ0n) is 10.7. The number of esters is 1. The smallest absolute Gasteiger partial charge is 0.332 e. The Labute approximate surface area is 106 Å². The minimum absolute atomic E-state index is 0.100. The first-order valence-corrected chi connectivity index (χ1v) is 5.67. The molecule has 0 aliphatic rings. The van der Waals surface area contributed by atoms with Crippen LogP contribution in [0.1, 0.15) is 13.8 Å². The molecule has 0 atom stereocenters. The second-order valence-electron chi connectivity index (χ2n) is 3.65. The van der Waals surface area contributed by atoms with Gasteiger partial charge in [-0.2, -0.15) is 0 Å².